The van der Waals surface area contributed by atoms with E-state index in [1.165, 1.54) is 96.8 Å². The summed E-state index contributed by atoms with van der Waals surface area (Å²) in [5, 5.41) is 5.87. The van der Waals surface area contributed by atoms with Gasteiger partial charge in [-0.25, -0.2) is 0 Å². The lowest BCUT2D eigenvalue weighted by Gasteiger charge is -2.55. The Balaban J connectivity index is 1.31. The van der Waals surface area contributed by atoms with Crippen molar-refractivity contribution in [1.82, 2.24) is 0 Å². The molecule has 49 heavy (non-hydrogen) atoms. The molecular formula is C45H39BN2Si. The van der Waals surface area contributed by atoms with Crippen molar-refractivity contribution in [2.75, 3.05) is 9.71 Å². The van der Waals surface area contributed by atoms with Crippen molar-refractivity contribution in [3.63, 3.8) is 0 Å². The van der Waals surface area contributed by atoms with Crippen LogP contribution in [0.5, 0.6) is 0 Å². The van der Waals surface area contributed by atoms with Gasteiger partial charge in [0, 0.05) is 33.7 Å². The summed E-state index contributed by atoms with van der Waals surface area (Å²) >= 11 is 0. The summed E-state index contributed by atoms with van der Waals surface area (Å²) in [5.74, 6) is 0. The molecule has 6 aromatic carbocycles. The Morgan fingerprint density at radius 3 is 2.06 bits per heavy atom. The van der Waals surface area contributed by atoms with Crippen LogP contribution in [0.25, 0.3) is 11.1 Å². The van der Waals surface area contributed by atoms with Crippen molar-refractivity contribution >= 4 is 69.3 Å². The molecule has 0 radical (unpaired) electrons. The summed E-state index contributed by atoms with van der Waals surface area (Å²) in [6, 6.07) is 51.9. The first kappa shape index (κ1) is 28.1. The highest BCUT2D eigenvalue weighted by atomic mass is 28.3. The number of benzene rings is 6. The maximum absolute atomic E-state index is 2.84. The molecule has 4 heteroatoms. The molecule has 5 aliphatic rings. The van der Waals surface area contributed by atoms with Crippen molar-refractivity contribution in [3.8, 4) is 11.1 Å². The van der Waals surface area contributed by atoms with Gasteiger partial charge in [-0.15, -0.1) is 0 Å². The molecule has 1 fully saturated rings. The van der Waals surface area contributed by atoms with E-state index in [1.54, 1.807) is 5.56 Å². The molecule has 1 aliphatic carbocycles. The third-order valence-corrected chi connectivity index (χ3v) is 18.3. The highest BCUT2D eigenvalue weighted by Crippen LogP contribution is 2.62. The minimum Gasteiger partial charge on any atom is -0.376 e. The normalized spacial score (nSPS) is 22.9. The monoisotopic (exact) mass is 646 g/mol. The second kappa shape index (κ2) is 9.46. The molecule has 0 aromatic heterocycles. The first-order chi connectivity index (χ1) is 24.0. The van der Waals surface area contributed by atoms with E-state index in [4.69, 9.17) is 0 Å². The average molecular weight is 647 g/mol. The minimum absolute atomic E-state index is 0.0425. The van der Waals surface area contributed by atoms with Gasteiger partial charge in [0.1, 0.15) is 0 Å². The van der Waals surface area contributed by atoms with Crippen LogP contribution in [0.2, 0.25) is 0 Å². The van der Waals surface area contributed by atoms with Crippen LogP contribution in [0, 0.1) is 6.92 Å². The van der Waals surface area contributed by atoms with Crippen molar-refractivity contribution in [2.45, 2.75) is 57.4 Å². The van der Waals surface area contributed by atoms with E-state index in [2.05, 4.69) is 164 Å². The van der Waals surface area contributed by atoms with Gasteiger partial charge in [-0.1, -0.05) is 141 Å². The zero-order chi connectivity index (χ0) is 32.7. The summed E-state index contributed by atoms with van der Waals surface area (Å²) in [6.07, 6.45) is 5.06. The first-order valence-corrected chi connectivity index (χ1v) is 20.2. The Hall–Kier alpha value is -4.80. The summed E-state index contributed by atoms with van der Waals surface area (Å²) in [5.41, 5.74) is 14.5. The van der Waals surface area contributed by atoms with E-state index < -0.39 is 8.07 Å². The Morgan fingerprint density at radius 1 is 0.612 bits per heavy atom. The van der Waals surface area contributed by atoms with Crippen molar-refractivity contribution in [3.05, 3.63) is 145 Å². The van der Waals surface area contributed by atoms with E-state index in [9.17, 15) is 0 Å². The van der Waals surface area contributed by atoms with Crippen LogP contribution in [-0.2, 0) is 5.41 Å². The first-order valence-electron chi connectivity index (χ1n) is 18.2. The lowest BCUT2D eigenvalue weighted by atomic mass is 9.43. The largest absolute Gasteiger partial charge is 0.376 e. The van der Waals surface area contributed by atoms with E-state index in [1.807, 2.05) is 0 Å². The maximum Gasteiger partial charge on any atom is 0.333 e. The zero-order valence-electron chi connectivity index (χ0n) is 28.5. The molecule has 2 nitrogen and oxygen atoms in total. The van der Waals surface area contributed by atoms with Crippen LogP contribution in [-0.4, -0.2) is 20.5 Å². The fraction of sp³-hybridized carbons (Fsp3) is 0.200. The number of nitrogens with zero attached hydrogens (tertiary/aromatic N) is 2. The smallest absolute Gasteiger partial charge is 0.333 e. The predicted molar refractivity (Wildman–Crippen MR) is 210 cm³/mol. The zero-order valence-corrected chi connectivity index (χ0v) is 29.5. The van der Waals surface area contributed by atoms with Gasteiger partial charge in [0.2, 0.25) is 0 Å². The van der Waals surface area contributed by atoms with Gasteiger partial charge in [0.05, 0.1) is 5.54 Å². The van der Waals surface area contributed by atoms with Gasteiger partial charge in [-0.05, 0) is 87.2 Å². The Morgan fingerprint density at radius 2 is 1.29 bits per heavy atom. The van der Waals surface area contributed by atoms with E-state index in [-0.39, 0.29) is 17.8 Å². The van der Waals surface area contributed by atoms with E-state index in [0.29, 0.717) is 0 Å². The number of para-hydroxylation sites is 3. The Bertz CT molecular complexity index is 2330. The summed E-state index contributed by atoms with van der Waals surface area (Å²) in [4.78, 5) is 5.63. The fourth-order valence-electron chi connectivity index (χ4n) is 11.3. The minimum atomic E-state index is -2.71. The highest BCUT2D eigenvalue weighted by molar-refractivity contribution is 7.22. The molecular weight excluding hydrogens is 607 g/mol. The molecule has 2 atom stereocenters. The second-order valence-electron chi connectivity index (χ2n) is 15.6. The topological polar surface area (TPSA) is 6.48 Å². The van der Waals surface area contributed by atoms with Gasteiger partial charge >= 0.3 is 6.85 Å². The fourth-order valence-corrected chi connectivity index (χ4v) is 16.4. The SMILES string of the molecule is Cc1cc2c3c(c1)N1c4c(cccc4C4(C)CCCCC14C)B3N1c3ccccc3[Si](c3ccccc3)(c3ccccc3)c3cccc-2c31. The molecule has 0 amide bonds. The van der Waals surface area contributed by atoms with Crippen molar-refractivity contribution in [2.24, 2.45) is 0 Å². The van der Waals surface area contributed by atoms with Gasteiger partial charge < -0.3 is 9.71 Å². The third kappa shape index (κ3) is 3.17. The van der Waals surface area contributed by atoms with Crippen LogP contribution >= 0.6 is 0 Å². The molecule has 0 bridgehead atoms. The summed E-state index contributed by atoms with van der Waals surface area (Å²) < 4.78 is 0. The lowest BCUT2D eigenvalue weighted by Crippen LogP contribution is -2.79. The Labute approximate surface area is 291 Å². The van der Waals surface area contributed by atoms with E-state index >= 15 is 0 Å². The standard InChI is InChI=1S/C45H39BN2Si/c1-30-28-34-33-20-14-25-40-42(33)48(37-23-10-11-24-39(37)49(40,31-16-6-4-7-17-31)32-18-8-5-9-19-32)46-36-22-15-21-35-43(36)47(38(29-30)41(34)46)45(3)27-13-12-26-44(35,45)2/h4-11,14-25,28-29H,12-13,26-27H2,1-3H3. The van der Waals surface area contributed by atoms with Crippen LogP contribution in [0.3, 0.4) is 0 Å². The van der Waals surface area contributed by atoms with Crippen LogP contribution in [0.1, 0.15) is 50.7 Å². The second-order valence-corrected chi connectivity index (χ2v) is 19.3. The van der Waals surface area contributed by atoms with E-state index in [0.717, 1.165) is 0 Å². The van der Waals surface area contributed by atoms with Gasteiger partial charge in [0.25, 0.3) is 0 Å². The molecule has 0 spiro atoms. The molecule has 4 heterocycles. The molecule has 0 N–H and O–H groups in total. The van der Waals surface area contributed by atoms with Crippen LogP contribution < -0.4 is 41.4 Å². The van der Waals surface area contributed by atoms with Crippen molar-refractivity contribution in [1.29, 1.82) is 0 Å². The molecule has 11 rings (SSSR count). The number of rotatable bonds is 2. The molecule has 2 unspecified atom stereocenters. The lowest BCUT2D eigenvalue weighted by molar-refractivity contribution is 0.195. The van der Waals surface area contributed by atoms with Gasteiger partial charge in [-0.3, -0.25) is 0 Å². The number of hydrogen-bond donors (Lipinski definition) is 0. The quantitative estimate of drug-likeness (QED) is 0.194. The molecule has 1 saturated carbocycles. The number of aryl methyl sites for hydroxylation is 1. The predicted octanol–water partition coefficient (Wildman–Crippen LogP) is 6.67. The third-order valence-electron chi connectivity index (χ3n) is 13.5. The molecule has 0 saturated heterocycles. The summed E-state index contributed by atoms with van der Waals surface area (Å²) in [7, 11) is -2.71. The van der Waals surface area contributed by atoms with Gasteiger partial charge in [0.15, 0.2) is 8.07 Å². The average Bonchev–Trinajstić information content (AvgIpc) is 3.36. The molecule has 236 valence electrons. The van der Waals surface area contributed by atoms with Crippen molar-refractivity contribution < 1.29 is 0 Å². The number of hydrogen-bond acceptors (Lipinski definition) is 2. The van der Waals surface area contributed by atoms with Crippen LogP contribution in [0.15, 0.2) is 133 Å². The van der Waals surface area contributed by atoms with Crippen LogP contribution in [0.4, 0.5) is 22.7 Å². The number of anilines is 4. The maximum atomic E-state index is 2.84. The molecule has 4 aliphatic heterocycles. The number of fused-ring (bicyclic) bond motifs is 9. The Kier molecular flexibility index (Phi) is 5.42. The summed E-state index contributed by atoms with van der Waals surface area (Å²) in [6.45, 7) is 7.57. The molecule has 6 aromatic rings. The van der Waals surface area contributed by atoms with Gasteiger partial charge in [-0.2, -0.15) is 0 Å². The highest BCUT2D eigenvalue weighted by Gasteiger charge is 2.62.